The molecule has 0 aliphatic carbocycles. The number of hydrogen-bond donors (Lipinski definition) is 2. The van der Waals surface area contributed by atoms with Crippen LogP contribution in [0.4, 0.5) is 0 Å². The molecule has 0 heterocycles. The van der Waals surface area contributed by atoms with Gasteiger partial charge in [-0.1, -0.05) is 31.2 Å². The third-order valence-corrected chi connectivity index (χ3v) is 5.45. The van der Waals surface area contributed by atoms with E-state index in [9.17, 15) is 22.8 Å². The van der Waals surface area contributed by atoms with Crippen molar-refractivity contribution in [3.05, 3.63) is 65.2 Å². The number of sulfonamides is 1. The van der Waals surface area contributed by atoms with Gasteiger partial charge >= 0.3 is 5.97 Å². The van der Waals surface area contributed by atoms with Gasteiger partial charge in [0.25, 0.3) is 0 Å². The molecule has 0 saturated heterocycles. The van der Waals surface area contributed by atoms with Crippen molar-refractivity contribution in [1.82, 2.24) is 10.0 Å². The summed E-state index contributed by atoms with van der Waals surface area (Å²) in [5.74, 6) is -1.26. The van der Waals surface area contributed by atoms with E-state index >= 15 is 0 Å². The molecule has 0 saturated carbocycles. The van der Waals surface area contributed by atoms with Crippen LogP contribution in [-0.2, 0) is 26.1 Å². The lowest BCUT2D eigenvalue weighted by atomic mass is 10.1. The molecule has 2 aromatic carbocycles. The van der Waals surface area contributed by atoms with Gasteiger partial charge < -0.3 is 10.1 Å². The van der Waals surface area contributed by atoms with Crippen LogP contribution in [0.25, 0.3) is 0 Å². The lowest BCUT2D eigenvalue weighted by Gasteiger charge is -2.07. The fourth-order valence-corrected chi connectivity index (χ4v) is 3.42. The quantitative estimate of drug-likeness (QED) is 0.472. The summed E-state index contributed by atoms with van der Waals surface area (Å²) in [6, 6.07) is 11.8. The van der Waals surface area contributed by atoms with E-state index in [-0.39, 0.29) is 28.7 Å². The topological polar surface area (TPSA) is 119 Å². The Bertz CT molecular complexity index is 983. The molecule has 0 spiro atoms. The molecule has 0 fully saturated rings. The molecule has 0 aliphatic rings. The first-order chi connectivity index (χ1) is 13.7. The van der Waals surface area contributed by atoms with Gasteiger partial charge in [-0.15, -0.1) is 0 Å². The summed E-state index contributed by atoms with van der Waals surface area (Å²) in [6.45, 7) is 3.25. The first-order valence-electron chi connectivity index (χ1n) is 8.86. The summed E-state index contributed by atoms with van der Waals surface area (Å²) in [4.78, 5) is 35.2. The summed E-state index contributed by atoms with van der Waals surface area (Å²) in [5, 5.41) is 2.65. The van der Waals surface area contributed by atoms with Crippen molar-refractivity contribution >= 4 is 27.7 Å². The molecule has 0 aromatic heterocycles. The van der Waals surface area contributed by atoms with Crippen LogP contribution in [0.3, 0.4) is 0 Å². The Balaban J connectivity index is 1.93. The van der Waals surface area contributed by atoms with E-state index in [1.807, 2.05) is 0 Å². The maximum Gasteiger partial charge on any atom is 0.338 e. The van der Waals surface area contributed by atoms with Crippen molar-refractivity contribution in [3.8, 4) is 0 Å². The first-order valence-corrected chi connectivity index (χ1v) is 10.3. The van der Waals surface area contributed by atoms with Crippen molar-refractivity contribution in [3.63, 3.8) is 0 Å². The van der Waals surface area contributed by atoms with Gasteiger partial charge in [-0.3, -0.25) is 9.59 Å². The summed E-state index contributed by atoms with van der Waals surface area (Å²) in [5.41, 5.74) is 1.34. The Morgan fingerprint density at radius 2 is 1.52 bits per heavy atom. The average Bonchev–Trinajstić information content (AvgIpc) is 2.70. The summed E-state index contributed by atoms with van der Waals surface area (Å²) in [7, 11) is -3.61. The zero-order chi connectivity index (χ0) is 21.4. The predicted molar refractivity (Wildman–Crippen MR) is 106 cm³/mol. The molecule has 2 rings (SSSR count). The van der Waals surface area contributed by atoms with Crippen molar-refractivity contribution < 1.29 is 27.5 Å². The van der Waals surface area contributed by atoms with Gasteiger partial charge in [0.1, 0.15) is 0 Å². The number of carbonyl (C=O) groups excluding carboxylic acids is 3. The molecular weight excluding hydrogens is 396 g/mol. The van der Waals surface area contributed by atoms with Gasteiger partial charge in [-0.05, 0) is 29.8 Å². The number of ketones is 1. The molecule has 29 heavy (non-hydrogen) atoms. The van der Waals surface area contributed by atoms with Crippen LogP contribution in [0, 0.1) is 0 Å². The average molecular weight is 418 g/mol. The molecule has 0 unspecified atom stereocenters. The number of rotatable bonds is 9. The van der Waals surface area contributed by atoms with Gasteiger partial charge in [0, 0.05) is 25.6 Å². The molecule has 0 bridgehead atoms. The van der Waals surface area contributed by atoms with E-state index in [1.165, 1.54) is 31.2 Å². The number of esters is 1. The second-order valence-electron chi connectivity index (χ2n) is 6.13. The van der Waals surface area contributed by atoms with Crippen LogP contribution in [-0.4, -0.2) is 39.2 Å². The number of nitrogens with one attached hydrogen (secondary N) is 2. The van der Waals surface area contributed by atoms with Crippen LogP contribution >= 0.6 is 0 Å². The van der Waals surface area contributed by atoms with Gasteiger partial charge in [0.05, 0.1) is 10.5 Å². The predicted octanol–water partition coefficient (Wildman–Crippen LogP) is 1.66. The first kappa shape index (κ1) is 22.3. The molecule has 0 radical (unpaired) electrons. The lowest BCUT2D eigenvalue weighted by molar-refractivity contribution is -0.119. The highest BCUT2D eigenvalue weighted by Crippen LogP contribution is 2.12. The highest BCUT2D eigenvalue weighted by molar-refractivity contribution is 7.89. The van der Waals surface area contributed by atoms with Crippen molar-refractivity contribution in [2.24, 2.45) is 0 Å². The molecule has 2 aromatic rings. The van der Waals surface area contributed by atoms with E-state index in [2.05, 4.69) is 10.0 Å². The molecule has 1 amide bonds. The molecule has 2 N–H and O–H groups in total. The monoisotopic (exact) mass is 418 g/mol. The van der Waals surface area contributed by atoms with Crippen LogP contribution < -0.4 is 10.0 Å². The third kappa shape index (κ3) is 6.51. The van der Waals surface area contributed by atoms with Crippen LogP contribution in [0.15, 0.2) is 53.4 Å². The highest BCUT2D eigenvalue weighted by Gasteiger charge is 2.15. The Labute approximate surface area is 169 Å². The van der Waals surface area contributed by atoms with E-state index < -0.39 is 22.6 Å². The van der Waals surface area contributed by atoms with Gasteiger partial charge in [-0.25, -0.2) is 17.9 Å². The number of carbonyl (C=O) groups is 3. The minimum Gasteiger partial charge on any atom is -0.454 e. The van der Waals surface area contributed by atoms with Crippen molar-refractivity contribution in [1.29, 1.82) is 0 Å². The van der Waals surface area contributed by atoms with Gasteiger partial charge in [-0.2, -0.15) is 0 Å². The molecular formula is C20H22N2O6S. The van der Waals surface area contributed by atoms with Gasteiger partial charge in [0.2, 0.25) is 15.9 Å². The van der Waals surface area contributed by atoms with Crippen LogP contribution in [0.2, 0.25) is 0 Å². The molecule has 0 aliphatic heterocycles. The Kier molecular flexibility index (Phi) is 7.63. The number of hydrogen-bond acceptors (Lipinski definition) is 6. The minimum atomic E-state index is -3.61. The maximum absolute atomic E-state index is 12.2. The molecule has 0 atom stereocenters. The van der Waals surface area contributed by atoms with Crippen LogP contribution in [0.1, 0.15) is 40.1 Å². The minimum absolute atomic E-state index is 0.0336. The highest BCUT2D eigenvalue weighted by atomic mass is 32.2. The normalized spacial score (nSPS) is 11.0. The third-order valence-electron chi connectivity index (χ3n) is 3.89. The second-order valence-corrected chi connectivity index (χ2v) is 7.90. The Hall–Kier alpha value is -3.04. The molecule has 8 nitrogen and oxygen atoms in total. The zero-order valence-corrected chi connectivity index (χ0v) is 16.9. The van der Waals surface area contributed by atoms with Gasteiger partial charge in [0.15, 0.2) is 12.4 Å². The molecule has 9 heteroatoms. The Morgan fingerprint density at radius 3 is 2.07 bits per heavy atom. The Morgan fingerprint density at radius 1 is 0.931 bits per heavy atom. The van der Waals surface area contributed by atoms with Crippen molar-refractivity contribution in [2.75, 3.05) is 13.2 Å². The van der Waals surface area contributed by atoms with E-state index in [0.29, 0.717) is 12.1 Å². The van der Waals surface area contributed by atoms with E-state index in [0.717, 1.165) is 5.56 Å². The number of benzene rings is 2. The fraction of sp³-hybridized carbons (Fsp3) is 0.250. The molecule has 154 valence electrons. The zero-order valence-electron chi connectivity index (χ0n) is 16.1. The smallest absolute Gasteiger partial charge is 0.338 e. The second kappa shape index (κ2) is 9.94. The number of amides is 1. The summed E-state index contributed by atoms with van der Waals surface area (Å²) < 4.78 is 31.2. The van der Waals surface area contributed by atoms with E-state index in [4.69, 9.17) is 4.74 Å². The van der Waals surface area contributed by atoms with Crippen LogP contribution in [0.5, 0.6) is 0 Å². The van der Waals surface area contributed by atoms with Crippen molar-refractivity contribution in [2.45, 2.75) is 25.3 Å². The standard InChI is InChI=1S/C20H22N2O6S/c1-3-22-29(26,27)18-10-8-17(9-11-18)20(25)28-13-19(24)16-6-4-15(5-7-16)12-21-14(2)23/h4-11,22H,3,12-13H2,1-2H3,(H,21,23). The number of Topliss-reactive ketones (excluding diaryl/α,β-unsaturated/α-hetero) is 1. The SMILES string of the molecule is CCNS(=O)(=O)c1ccc(C(=O)OCC(=O)c2ccc(CNC(C)=O)cc2)cc1. The maximum atomic E-state index is 12.2. The van der Waals surface area contributed by atoms with E-state index in [1.54, 1.807) is 31.2 Å². The summed E-state index contributed by atoms with van der Waals surface area (Å²) >= 11 is 0. The summed E-state index contributed by atoms with van der Waals surface area (Å²) in [6.07, 6.45) is 0. The fourth-order valence-electron chi connectivity index (χ4n) is 2.38. The number of ether oxygens (including phenoxy) is 1. The lowest BCUT2D eigenvalue weighted by Crippen LogP contribution is -2.23. The largest absolute Gasteiger partial charge is 0.454 e.